The molecule has 1 N–H and O–H groups in total. The van der Waals surface area contributed by atoms with Crippen molar-refractivity contribution in [2.45, 2.75) is 38.8 Å². The van der Waals surface area contributed by atoms with Crippen LogP contribution in [0.3, 0.4) is 0 Å². The highest BCUT2D eigenvalue weighted by Crippen LogP contribution is 2.25. The van der Waals surface area contributed by atoms with Crippen molar-refractivity contribution in [1.29, 1.82) is 0 Å². The fraction of sp³-hybridized carbons (Fsp3) is 0.467. The lowest BCUT2D eigenvalue weighted by atomic mass is 10.2. The second kappa shape index (κ2) is 6.93. The van der Waals surface area contributed by atoms with E-state index >= 15 is 0 Å². The summed E-state index contributed by atoms with van der Waals surface area (Å²) in [6, 6.07) is 5.80. The van der Waals surface area contributed by atoms with E-state index in [4.69, 9.17) is 9.47 Å². The fourth-order valence-electron chi connectivity index (χ4n) is 1.69. The van der Waals surface area contributed by atoms with Crippen molar-refractivity contribution in [3.05, 3.63) is 28.2 Å². The van der Waals surface area contributed by atoms with Crippen LogP contribution >= 0.6 is 15.9 Å². The largest absolute Gasteiger partial charge is 0.481 e. The summed E-state index contributed by atoms with van der Waals surface area (Å²) in [5, 5.41) is 2.78. The van der Waals surface area contributed by atoms with Gasteiger partial charge in [-0.2, -0.15) is 0 Å². The predicted octanol–water partition coefficient (Wildman–Crippen LogP) is 2.35. The van der Waals surface area contributed by atoms with E-state index in [2.05, 4.69) is 21.2 Å². The lowest BCUT2D eigenvalue weighted by Gasteiger charge is -2.14. The summed E-state index contributed by atoms with van der Waals surface area (Å²) in [5.41, 5.74) is 1.09. The molecule has 0 aliphatic heterocycles. The molecule has 114 valence electrons. The molecule has 1 aliphatic carbocycles. The van der Waals surface area contributed by atoms with E-state index in [1.54, 1.807) is 13.0 Å². The van der Waals surface area contributed by atoms with Crippen molar-refractivity contribution >= 4 is 27.8 Å². The molecule has 1 saturated carbocycles. The summed E-state index contributed by atoms with van der Waals surface area (Å²) >= 11 is 3.36. The summed E-state index contributed by atoms with van der Waals surface area (Å²) in [6.45, 7) is 3.28. The number of hydrogen-bond acceptors (Lipinski definition) is 4. The summed E-state index contributed by atoms with van der Waals surface area (Å²) < 4.78 is 11.2. The monoisotopic (exact) mass is 355 g/mol. The molecular formula is C15H18BrNO4. The van der Waals surface area contributed by atoms with Crippen molar-refractivity contribution < 1.29 is 19.1 Å². The molecule has 0 spiro atoms. The van der Waals surface area contributed by atoms with Crippen LogP contribution in [-0.4, -0.2) is 30.6 Å². The number of halogens is 1. The molecule has 0 radical (unpaired) electrons. The molecule has 5 nitrogen and oxygen atoms in total. The van der Waals surface area contributed by atoms with Gasteiger partial charge in [0.1, 0.15) is 5.75 Å². The minimum atomic E-state index is -0.803. The number of amides is 1. The Morgan fingerprint density at radius 1 is 1.43 bits per heavy atom. The number of benzene rings is 1. The summed E-state index contributed by atoms with van der Waals surface area (Å²) in [5.74, 6) is -0.268. The maximum absolute atomic E-state index is 11.7. The Labute approximate surface area is 132 Å². The number of nitrogens with one attached hydrogen (secondary N) is 1. The fourth-order valence-corrected chi connectivity index (χ4v) is 2.30. The molecule has 2 rings (SSSR count). The van der Waals surface area contributed by atoms with Gasteiger partial charge in [0, 0.05) is 6.04 Å². The number of rotatable bonds is 6. The summed E-state index contributed by atoms with van der Waals surface area (Å²) in [6.07, 6.45) is 1.19. The van der Waals surface area contributed by atoms with Gasteiger partial charge in [-0.25, -0.2) is 4.79 Å². The second-order valence-corrected chi connectivity index (χ2v) is 5.99. The highest BCUT2D eigenvalue weighted by molar-refractivity contribution is 9.10. The van der Waals surface area contributed by atoms with E-state index < -0.39 is 12.1 Å². The first-order valence-electron chi connectivity index (χ1n) is 6.84. The van der Waals surface area contributed by atoms with Gasteiger partial charge in [0.25, 0.3) is 5.91 Å². The van der Waals surface area contributed by atoms with Crippen molar-refractivity contribution in [3.8, 4) is 5.75 Å². The lowest BCUT2D eigenvalue weighted by molar-refractivity contribution is -0.156. The molecule has 0 aromatic heterocycles. The average Bonchev–Trinajstić information content (AvgIpc) is 3.21. The zero-order valence-electron chi connectivity index (χ0n) is 12.0. The van der Waals surface area contributed by atoms with Crippen LogP contribution < -0.4 is 10.1 Å². The second-order valence-electron chi connectivity index (χ2n) is 5.14. The molecule has 0 heterocycles. The molecular weight excluding hydrogens is 338 g/mol. The highest BCUT2D eigenvalue weighted by atomic mass is 79.9. The van der Waals surface area contributed by atoms with E-state index in [0.29, 0.717) is 5.75 Å². The van der Waals surface area contributed by atoms with Gasteiger partial charge in [-0.3, -0.25) is 4.79 Å². The number of ether oxygens (including phenoxy) is 2. The predicted molar refractivity (Wildman–Crippen MR) is 81.1 cm³/mol. The van der Waals surface area contributed by atoms with Crippen LogP contribution in [0.5, 0.6) is 5.75 Å². The van der Waals surface area contributed by atoms with Crippen molar-refractivity contribution in [2.24, 2.45) is 0 Å². The first kappa shape index (κ1) is 15.8. The van der Waals surface area contributed by atoms with Crippen LogP contribution in [-0.2, 0) is 14.3 Å². The molecule has 1 unspecified atom stereocenters. The Balaban J connectivity index is 1.77. The zero-order chi connectivity index (χ0) is 15.4. The van der Waals surface area contributed by atoms with Gasteiger partial charge < -0.3 is 14.8 Å². The Kier molecular flexibility index (Phi) is 5.22. The van der Waals surface area contributed by atoms with E-state index in [1.807, 2.05) is 19.1 Å². The van der Waals surface area contributed by atoms with Gasteiger partial charge in [0.15, 0.2) is 12.7 Å². The van der Waals surface area contributed by atoms with Crippen molar-refractivity contribution in [3.63, 3.8) is 0 Å². The Morgan fingerprint density at radius 2 is 2.14 bits per heavy atom. The highest BCUT2D eigenvalue weighted by Gasteiger charge is 2.27. The molecule has 1 atom stereocenters. The van der Waals surface area contributed by atoms with Crippen molar-refractivity contribution in [2.75, 3.05) is 6.61 Å². The molecule has 1 aliphatic rings. The third-order valence-corrected chi connectivity index (χ3v) is 3.65. The van der Waals surface area contributed by atoms with Crippen LogP contribution in [0.1, 0.15) is 25.3 Å². The van der Waals surface area contributed by atoms with E-state index in [0.717, 1.165) is 22.9 Å². The molecule has 21 heavy (non-hydrogen) atoms. The van der Waals surface area contributed by atoms with Crippen molar-refractivity contribution in [1.82, 2.24) is 5.32 Å². The van der Waals surface area contributed by atoms with E-state index in [1.165, 1.54) is 0 Å². The van der Waals surface area contributed by atoms with E-state index in [-0.39, 0.29) is 18.6 Å². The third kappa shape index (κ3) is 5.04. The topological polar surface area (TPSA) is 64.6 Å². The summed E-state index contributed by atoms with van der Waals surface area (Å²) in [4.78, 5) is 23.3. The Hall–Kier alpha value is -1.56. The molecule has 1 aromatic carbocycles. The molecule has 1 fully saturated rings. The number of carbonyl (C=O) groups is 2. The standard InChI is InChI=1S/C15H18BrNO4/c1-9-3-6-13(12(16)7-9)20-8-14(18)21-10(2)15(19)17-11-4-5-11/h3,6-7,10-11H,4-5,8H2,1-2H3,(H,17,19). The first-order valence-corrected chi connectivity index (χ1v) is 7.64. The minimum absolute atomic E-state index is 0.233. The van der Waals surface area contributed by atoms with Crippen LogP contribution in [0.15, 0.2) is 22.7 Å². The van der Waals surface area contributed by atoms with Gasteiger partial charge in [0.05, 0.1) is 4.47 Å². The summed E-state index contributed by atoms with van der Waals surface area (Å²) in [7, 11) is 0. The Bertz CT molecular complexity index is 542. The molecule has 1 amide bonds. The van der Waals surface area contributed by atoms with Crippen LogP contribution in [0.2, 0.25) is 0 Å². The molecule has 6 heteroatoms. The lowest BCUT2D eigenvalue weighted by Crippen LogP contribution is -2.37. The average molecular weight is 356 g/mol. The third-order valence-electron chi connectivity index (χ3n) is 3.03. The van der Waals surface area contributed by atoms with Crippen LogP contribution in [0.25, 0.3) is 0 Å². The van der Waals surface area contributed by atoms with E-state index in [9.17, 15) is 9.59 Å². The maximum atomic E-state index is 11.7. The minimum Gasteiger partial charge on any atom is -0.481 e. The van der Waals surface area contributed by atoms with Gasteiger partial charge in [-0.05, 0) is 60.3 Å². The molecule has 0 bridgehead atoms. The van der Waals surface area contributed by atoms with Crippen LogP contribution in [0.4, 0.5) is 0 Å². The number of hydrogen-bond donors (Lipinski definition) is 1. The zero-order valence-corrected chi connectivity index (χ0v) is 13.6. The number of esters is 1. The maximum Gasteiger partial charge on any atom is 0.344 e. The number of aryl methyl sites for hydroxylation is 1. The van der Waals surface area contributed by atoms with Gasteiger partial charge in [-0.15, -0.1) is 0 Å². The first-order chi connectivity index (χ1) is 9.95. The normalized spacial score (nSPS) is 15.2. The molecule has 0 saturated heterocycles. The van der Waals surface area contributed by atoms with Gasteiger partial charge in [0.2, 0.25) is 0 Å². The smallest absolute Gasteiger partial charge is 0.344 e. The van der Waals surface area contributed by atoms with Gasteiger partial charge in [-0.1, -0.05) is 6.07 Å². The number of carbonyl (C=O) groups excluding carboxylic acids is 2. The quantitative estimate of drug-likeness (QED) is 0.795. The van der Waals surface area contributed by atoms with Crippen LogP contribution in [0, 0.1) is 6.92 Å². The van der Waals surface area contributed by atoms with Gasteiger partial charge >= 0.3 is 5.97 Å². The molecule has 1 aromatic rings. The Morgan fingerprint density at radius 3 is 2.76 bits per heavy atom. The SMILES string of the molecule is Cc1ccc(OCC(=O)OC(C)C(=O)NC2CC2)c(Br)c1.